The number of nitrogens with one attached hydrogen (secondary N) is 3. The summed E-state index contributed by atoms with van der Waals surface area (Å²) in [6.07, 6.45) is 1.65. The third-order valence-corrected chi connectivity index (χ3v) is 4.20. The zero-order valence-corrected chi connectivity index (χ0v) is 14.2. The molecule has 26 heavy (non-hydrogen) atoms. The van der Waals surface area contributed by atoms with Crippen LogP contribution in [0.25, 0.3) is 22.2 Å². The normalized spacial score (nSPS) is 11.3. The Labute approximate surface area is 150 Å². The zero-order chi connectivity index (χ0) is 17.9. The third kappa shape index (κ3) is 3.00. The molecule has 4 aromatic rings. The number of hydrogen-bond donors (Lipinski definition) is 3. The molecule has 6 nitrogen and oxygen atoms in total. The van der Waals surface area contributed by atoms with Gasteiger partial charge in [0.1, 0.15) is 5.69 Å². The Morgan fingerprint density at radius 3 is 2.73 bits per heavy atom. The number of hydrogen-bond acceptors (Lipinski definition) is 3. The van der Waals surface area contributed by atoms with E-state index in [1.165, 1.54) is 0 Å². The molecule has 0 aliphatic rings. The second-order valence-electron chi connectivity index (χ2n) is 5.94. The second kappa shape index (κ2) is 6.68. The maximum Gasteiger partial charge on any atom is 0.289 e. The van der Waals surface area contributed by atoms with Gasteiger partial charge in [-0.15, -0.1) is 0 Å². The Morgan fingerprint density at radius 1 is 1.12 bits per heavy atom. The van der Waals surface area contributed by atoms with Crippen molar-refractivity contribution in [2.75, 3.05) is 0 Å². The first-order chi connectivity index (χ1) is 12.7. The molecule has 2 aromatic heterocycles. The van der Waals surface area contributed by atoms with Crippen LogP contribution in [0.4, 0.5) is 0 Å². The lowest BCUT2D eigenvalue weighted by Crippen LogP contribution is -2.18. The van der Waals surface area contributed by atoms with Gasteiger partial charge in [-0.3, -0.25) is 9.89 Å². The van der Waals surface area contributed by atoms with Crippen LogP contribution < -0.4 is 5.43 Å². The van der Waals surface area contributed by atoms with E-state index in [-0.39, 0.29) is 5.91 Å². The van der Waals surface area contributed by atoms with Crippen LogP contribution in [-0.2, 0) is 0 Å². The van der Waals surface area contributed by atoms with Crippen molar-refractivity contribution in [3.63, 3.8) is 0 Å². The minimum atomic E-state index is -0.339. The minimum absolute atomic E-state index is 0.339. The molecule has 3 N–H and O–H groups in total. The van der Waals surface area contributed by atoms with Crippen molar-refractivity contribution < 1.29 is 4.79 Å². The smallest absolute Gasteiger partial charge is 0.289 e. The van der Waals surface area contributed by atoms with E-state index in [0.717, 1.165) is 27.7 Å². The number of fused-ring (bicyclic) bond motifs is 1. The summed E-state index contributed by atoms with van der Waals surface area (Å²) in [6, 6.07) is 19.4. The zero-order valence-electron chi connectivity index (χ0n) is 14.2. The summed E-state index contributed by atoms with van der Waals surface area (Å²) in [5.74, 6) is -0.339. The molecule has 0 atom stereocenters. The lowest BCUT2D eigenvalue weighted by Gasteiger charge is -1.96. The first kappa shape index (κ1) is 15.8. The summed E-state index contributed by atoms with van der Waals surface area (Å²) in [7, 11) is 0. The average Bonchev–Trinajstić information content (AvgIpc) is 3.28. The first-order valence-corrected chi connectivity index (χ1v) is 8.24. The number of nitrogens with zero attached hydrogens (tertiary/aromatic N) is 2. The van der Waals surface area contributed by atoms with Crippen molar-refractivity contribution >= 4 is 23.0 Å². The van der Waals surface area contributed by atoms with Gasteiger partial charge in [0.2, 0.25) is 0 Å². The standard InChI is InChI=1S/C20H17N5O/c1-13-16(15-9-5-6-10-17(15)22-13)12-21-25-20(26)19-11-18(23-24-19)14-7-3-2-4-8-14/h2-12,22H,1H3,(H,23,24)(H,25,26)/b21-12+. The molecule has 0 bridgehead atoms. The van der Waals surface area contributed by atoms with Crippen LogP contribution in [0.1, 0.15) is 21.7 Å². The van der Waals surface area contributed by atoms with Crippen LogP contribution in [0.5, 0.6) is 0 Å². The van der Waals surface area contributed by atoms with Gasteiger partial charge >= 0.3 is 0 Å². The van der Waals surface area contributed by atoms with Crippen molar-refractivity contribution in [1.29, 1.82) is 0 Å². The van der Waals surface area contributed by atoms with Crippen molar-refractivity contribution in [3.8, 4) is 11.3 Å². The van der Waals surface area contributed by atoms with Crippen LogP contribution in [0.3, 0.4) is 0 Å². The Morgan fingerprint density at radius 2 is 1.88 bits per heavy atom. The van der Waals surface area contributed by atoms with Crippen molar-refractivity contribution in [2.24, 2.45) is 5.10 Å². The van der Waals surface area contributed by atoms with Gasteiger partial charge in [0, 0.05) is 27.7 Å². The van der Waals surface area contributed by atoms with Gasteiger partial charge in [-0.2, -0.15) is 10.2 Å². The molecule has 0 saturated heterocycles. The molecule has 2 aromatic carbocycles. The van der Waals surface area contributed by atoms with E-state index in [0.29, 0.717) is 11.4 Å². The van der Waals surface area contributed by atoms with Crippen LogP contribution >= 0.6 is 0 Å². The molecule has 0 aliphatic heterocycles. The summed E-state index contributed by atoms with van der Waals surface area (Å²) in [4.78, 5) is 15.6. The third-order valence-electron chi connectivity index (χ3n) is 4.20. The Kier molecular flexibility index (Phi) is 4.07. The lowest BCUT2D eigenvalue weighted by atomic mass is 10.1. The monoisotopic (exact) mass is 343 g/mol. The van der Waals surface area contributed by atoms with E-state index in [2.05, 4.69) is 25.7 Å². The van der Waals surface area contributed by atoms with Gasteiger partial charge in [-0.05, 0) is 19.1 Å². The summed E-state index contributed by atoms with van der Waals surface area (Å²) in [5, 5.41) is 12.1. The number of carbonyl (C=O) groups is 1. The molecule has 0 unspecified atom stereocenters. The van der Waals surface area contributed by atoms with Crippen LogP contribution in [0.15, 0.2) is 65.8 Å². The number of rotatable bonds is 4. The number of aromatic nitrogens is 3. The fourth-order valence-electron chi connectivity index (χ4n) is 2.88. The molecular formula is C20H17N5O. The Bertz CT molecular complexity index is 1090. The number of benzene rings is 2. The van der Waals surface area contributed by atoms with Gasteiger partial charge in [0.25, 0.3) is 5.91 Å². The van der Waals surface area contributed by atoms with E-state index in [4.69, 9.17) is 0 Å². The van der Waals surface area contributed by atoms with Crippen LogP contribution in [0.2, 0.25) is 0 Å². The predicted octanol–water partition coefficient (Wildman–Crippen LogP) is 3.63. The van der Waals surface area contributed by atoms with Crippen LogP contribution in [0, 0.1) is 6.92 Å². The van der Waals surface area contributed by atoms with Crippen molar-refractivity contribution in [1.82, 2.24) is 20.6 Å². The number of aromatic amines is 2. The molecule has 0 aliphatic carbocycles. The highest BCUT2D eigenvalue weighted by atomic mass is 16.2. The Balaban J connectivity index is 1.49. The number of carbonyl (C=O) groups excluding carboxylic acids is 1. The molecule has 6 heteroatoms. The second-order valence-corrected chi connectivity index (χ2v) is 5.94. The van der Waals surface area contributed by atoms with E-state index >= 15 is 0 Å². The van der Waals surface area contributed by atoms with E-state index in [1.54, 1.807) is 12.3 Å². The molecule has 128 valence electrons. The summed E-state index contributed by atoms with van der Waals surface area (Å²) in [5.41, 5.74) is 7.55. The minimum Gasteiger partial charge on any atom is -0.358 e. The molecule has 0 fully saturated rings. The fraction of sp³-hybridized carbons (Fsp3) is 0.0500. The molecule has 0 saturated carbocycles. The predicted molar refractivity (Wildman–Crippen MR) is 102 cm³/mol. The van der Waals surface area contributed by atoms with E-state index < -0.39 is 0 Å². The summed E-state index contributed by atoms with van der Waals surface area (Å²) in [6.45, 7) is 1.98. The van der Waals surface area contributed by atoms with Gasteiger partial charge in [0.15, 0.2) is 0 Å². The van der Waals surface area contributed by atoms with Crippen molar-refractivity contribution in [2.45, 2.75) is 6.92 Å². The van der Waals surface area contributed by atoms with Gasteiger partial charge < -0.3 is 4.98 Å². The molecule has 0 radical (unpaired) electrons. The van der Waals surface area contributed by atoms with E-state index in [1.807, 2.05) is 61.5 Å². The number of aryl methyl sites for hydroxylation is 1. The lowest BCUT2D eigenvalue weighted by molar-refractivity contribution is 0.0950. The molecule has 4 rings (SSSR count). The number of amides is 1. The number of para-hydroxylation sites is 1. The highest BCUT2D eigenvalue weighted by molar-refractivity contribution is 6.01. The molecule has 2 heterocycles. The summed E-state index contributed by atoms with van der Waals surface area (Å²) < 4.78 is 0. The fourth-order valence-corrected chi connectivity index (χ4v) is 2.88. The average molecular weight is 343 g/mol. The Hall–Kier alpha value is -3.67. The highest BCUT2D eigenvalue weighted by Gasteiger charge is 2.10. The maximum absolute atomic E-state index is 12.3. The maximum atomic E-state index is 12.3. The number of hydrazone groups is 1. The topological polar surface area (TPSA) is 85.9 Å². The van der Waals surface area contributed by atoms with Gasteiger partial charge in [-0.1, -0.05) is 48.5 Å². The largest absolute Gasteiger partial charge is 0.358 e. The SMILES string of the molecule is Cc1[nH]c2ccccc2c1/C=N/NC(=O)c1cc(-c2ccccc2)n[nH]1. The molecular weight excluding hydrogens is 326 g/mol. The van der Waals surface area contributed by atoms with Crippen molar-refractivity contribution in [3.05, 3.63) is 77.6 Å². The van der Waals surface area contributed by atoms with Gasteiger partial charge in [0.05, 0.1) is 11.9 Å². The van der Waals surface area contributed by atoms with Gasteiger partial charge in [-0.25, -0.2) is 5.43 Å². The number of H-pyrrole nitrogens is 2. The quantitative estimate of drug-likeness (QED) is 0.390. The molecule has 0 spiro atoms. The molecule has 1 amide bonds. The van der Waals surface area contributed by atoms with Crippen LogP contribution in [-0.4, -0.2) is 27.3 Å². The summed E-state index contributed by atoms with van der Waals surface area (Å²) >= 11 is 0. The van der Waals surface area contributed by atoms with E-state index in [9.17, 15) is 4.79 Å². The first-order valence-electron chi connectivity index (χ1n) is 8.24. The highest BCUT2D eigenvalue weighted by Crippen LogP contribution is 2.20.